The summed E-state index contributed by atoms with van der Waals surface area (Å²) in [6, 6.07) is 13.3. The van der Waals surface area contributed by atoms with Crippen LogP contribution in [0.5, 0.6) is 0 Å². The Hall–Kier alpha value is -3.65. The molecule has 9 heteroatoms. The lowest BCUT2D eigenvalue weighted by molar-refractivity contribution is -0.121. The number of rotatable bonds is 7. The maximum absolute atomic E-state index is 12.3. The zero-order valence-electron chi connectivity index (χ0n) is 16.0. The normalized spacial score (nSPS) is 10.3. The summed E-state index contributed by atoms with van der Waals surface area (Å²) in [6.45, 7) is 0.506. The van der Waals surface area contributed by atoms with Crippen molar-refractivity contribution in [2.75, 3.05) is 5.32 Å². The lowest BCUT2D eigenvalue weighted by Crippen LogP contribution is -2.42. The van der Waals surface area contributed by atoms with Gasteiger partial charge in [0.05, 0.1) is 12.7 Å². The van der Waals surface area contributed by atoms with Crippen LogP contribution in [0.1, 0.15) is 22.3 Å². The molecule has 8 nitrogen and oxygen atoms in total. The molecule has 3 aromatic rings. The van der Waals surface area contributed by atoms with Crippen LogP contribution < -0.4 is 16.2 Å². The highest BCUT2D eigenvalue weighted by Gasteiger charge is 2.10. The van der Waals surface area contributed by atoms with E-state index >= 15 is 0 Å². The van der Waals surface area contributed by atoms with Crippen LogP contribution in [0, 0.1) is 0 Å². The Balaban J connectivity index is 1.48. The van der Waals surface area contributed by atoms with E-state index in [4.69, 9.17) is 11.6 Å². The van der Waals surface area contributed by atoms with Crippen LogP contribution in [0.15, 0.2) is 67.3 Å². The van der Waals surface area contributed by atoms with Gasteiger partial charge >= 0.3 is 0 Å². The molecule has 0 unspecified atom stereocenters. The summed E-state index contributed by atoms with van der Waals surface area (Å²) in [4.78, 5) is 40.3. The van der Waals surface area contributed by atoms with Crippen LogP contribution in [0.25, 0.3) is 0 Å². The van der Waals surface area contributed by atoms with Gasteiger partial charge in [-0.3, -0.25) is 25.2 Å². The van der Waals surface area contributed by atoms with E-state index in [2.05, 4.69) is 21.2 Å². The largest absolute Gasteiger partial charge is 0.337 e. The summed E-state index contributed by atoms with van der Waals surface area (Å²) >= 11 is 5.82. The molecule has 30 heavy (non-hydrogen) atoms. The number of anilines is 1. The van der Waals surface area contributed by atoms with E-state index in [9.17, 15) is 14.4 Å². The first kappa shape index (κ1) is 21.1. The Morgan fingerprint density at radius 1 is 1.00 bits per heavy atom. The van der Waals surface area contributed by atoms with Crippen molar-refractivity contribution in [2.24, 2.45) is 0 Å². The van der Waals surface area contributed by atoms with Gasteiger partial charge in [0.25, 0.3) is 5.91 Å². The molecule has 0 fully saturated rings. The van der Waals surface area contributed by atoms with Crippen molar-refractivity contribution in [3.63, 3.8) is 0 Å². The first-order valence-electron chi connectivity index (χ1n) is 9.19. The van der Waals surface area contributed by atoms with Crippen LogP contribution in [0.3, 0.4) is 0 Å². The molecule has 0 spiro atoms. The van der Waals surface area contributed by atoms with Gasteiger partial charge in [0.1, 0.15) is 0 Å². The highest BCUT2D eigenvalue weighted by atomic mass is 35.5. The number of amides is 3. The van der Waals surface area contributed by atoms with Crippen LogP contribution in [-0.4, -0.2) is 27.3 Å². The zero-order chi connectivity index (χ0) is 21.3. The summed E-state index contributed by atoms with van der Waals surface area (Å²) < 4.78 is 1.80. The number of nitrogens with zero attached hydrogens (tertiary/aromatic N) is 2. The average Bonchev–Trinajstić information content (AvgIpc) is 3.26. The summed E-state index contributed by atoms with van der Waals surface area (Å²) in [7, 11) is 0. The van der Waals surface area contributed by atoms with Crippen LogP contribution in [0.2, 0.25) is 5.02 Å². The lowest BCUT2D eigenvalue weighted by atomic mass is 10.1. The summed E-state index contributed by atoms with van der Waals surface area (Å²) in [6.07, 6.45) is 5.44. The third-order valence-corrected chi connectivity index (χ3v) is 4.41. The second-order valence-electron chi connectivity index (χ2n) is 6.49. The molecule has 0 atom stereocenters. The molecule has 0 saturated carbocycles. The van der Waals surface area contributed by atoms with Crippen molar-refractivity contribution in [3.05, 3.63) is 83.4 Å². The maximum Gasteiger partial charge on any atom is 0.269 e. The fraction of sp³-hybridized carbons (Fsp3) is 0.143. The summed E-state index contributed by atoms with van der Waals surface area (Å²) in [5.74, 6) is -1.04. The molecule has 0 saturated heterocycles. The predicted molar refractivity (Wildman–Crippen MR) is 113 cm³/mol. The molecule has 3 amide bonds. The van der Waals surface area contributed by atoms with Gasteiger partial charge in [-0.25, -0.2) is 4.98 Å². The number of carbonyl (C=O) groups is 3. The van der Waals surface area contributed by atoms with Crippen molar-refractivity contribution in [3.8, 4) is 0 Å². The third kappa shape index (κ3) is 6.46. The summed E-state index contributed by atoms with van der Waals surface area (Å²) in [5, 5.41) is 3.34. The molecule has 0 bridgehead atoms. The van der Waals surface area contributed by atoms with Gasteiger partial charge in [-0.1, -0.05) is 29.8 Å². The van der Waals surface area contributed by atoms with Gasteiger partial charge in [0.15, 0.2) is 0 Å². The predicted octanol–water partition coefficient (Wildman–Crippen LogP) is 2.57. The SMILES string of the molecule is O=C(Cc1ccc(Cl)cc1)NNC(=O)c1cccc(NC(=O)CCn2ccnc2)c1. The molecular weight excluding hydrogens is 406 g/mol. The molecular formula is C21H20ClN5O3. The second-order valence-corrected chi connectivity index (χ2v) is 6.92. The third-order valence-electron chi connectivity index (χ3n) is 4.16. The van der Waals surface area contributed by atoms with Gasteiger partial charge in [0, 0.05) is 41.6 Å². The molecule has 3 rings (SSSR count). The number of halogens is 1. The molecule has 0 radical (unpaired) electrons. The Kier molecular flexibility index (Phi) is 7.18. The second kappa shape index (κ2) is 10.2. The number of hydrazine groups is 1. The molecule has 2 aromatic carbocycles. The van der Waals surface area contributed by atoms with Gasteiger partial charge in [-0.2, -0.15) is 0 Å². The van der Waals surface area contributed by atoms with E-state index in [0.717, 1.165) is 5.56 Å². The van der Waals surface area contributed by atoms with Crippen LogP contribution >= 0.6 is 11.6 Å². The van der Waals surface area contributed by atoms with E-state index in [1.54, 1.807) is 65.8 Å². The number of benzene rings is 2. The van der Waals surface area contributed by atoms with Crippen molar-refractivity contribution >= 4 is 35.0 Å². The van der Waals surface area contributed by atoms with E-state index in [-0.39, 0.29) is 24.7 Å². The van der Waals surface area contributed by atoms with E-state index in [0.29, 0.717) is 22.8 Å². The van der Waals surface area contributed by atoms with Crippen molar-refractivity contribution in [1.82, 2.24) is 20.4 Å². The van der Waals surface area contributed by atoms with Gasteiger partial charge in [0.2, 0.25) is 11.8 Å². The number of hydrogen-bond donors (Lipinski definition) is 3. The van der Waals surface area contributed by atoms with Crippen molar-refractivity contribution < 1.29 is 14.4 Å². The van der Waals surface area contributed by atoms with Crippen LogP contribution in [0.4, 0.5) is 5.69 Å². The molecule has 154 valence electrons. The Morgan fingerprint density at radius 3 is 2.53 bits per heavy atom. The minimum atomic E-state index is -0.492. The summed E-state index contributed by atoms with van der Waals surface area (Å²) in [5.41, 5.74) is 6.30. The van der Waals surface area contributed by atoms with Crippen LogP contribution in [-0.2, 0) is 22.6 Å². The van der Waals surface area contributed by atoms with Crippen molar-refractivity contribution in [1.29, 1.82) is 0 Å². The highest BCUT2D eigenvalue weighted by Crippen LogP contribution is 2.12. The number of aryl methyl sites for hydroxylation is 1. The lowest BCUT2D eigenvalue weighted by Gasteiger charge is -2.10. The van der Waals surface area contributed by atoms with Gasteiger partial charge in [-0.15, -0.1) is 0 Å². The fourth-order valence-electron chi connectivity index (χ4n) is 2.64. The molecule has 0 aliphatic heterocycles. The Labute approximate surface area is 178 Å². The monoisotopic (exact) mass is 425 g/mol. The van der Waals surface area contributed by atoms with Gasteiger partial charge in [-0.05, 0) is 35.9 Å². The number of carbonyl (C=O) groups excluding carboxylic acids is 3. The van der Waals surface area contributed by atoms with E-state index < -0.39 is 5.91 Å². The topological polar surface area (TPSA) is 105 Å². The molecule has 3 N–H and O–H groups in total. The number of aromatic nitrogens is 2. The van der Waals surface area contributed by atoms with E-state index in [1.807, 2.05) is 0 Å². The highest BCUT2D eigenvalue weighted by molar-refractivity contribution is 6.30. The quantitative estimate of drug-likeness (QED) is 0.506. The molecule has 1 aromatic heterocycles. The standard InChI is InChI=1S/C21H20ClN5O3/c22-17-6-4-15(5-7-17)12-20(29)25-26-21(30)16-2-1-3-18(13-16)24-19(28)8-10-27-11-9-23-14-27/h1-7,9,11,13-14H,8,10,12H2,(H,24,28)(H,25,29)(H,26,30). The average molecular weight is 426 g/mol. The Morgan fingerprint density at radius 2 is 1.80 bits per heavy atom. The first-order valence-corrected chi connectivity index (χ1v) is 9.57. The first-order chi connectivity index (χ1) is 14.5. The minimum Gasteiger partial charge on any atom is -0.337 e. The van der Waals surface area contributed by atoms with Gasteiger partial charge < -0.3 is 9.88 Å². The zero-order valence-corrected chi connectivity index (χ0v) is 16.7. The number of imidazole rings is 1. The molecule has 1 heterocycles. The number of hydrogen-bond acceptors (Lipinski definition) is 4. The molecule has 0 aliphatic rings. The number of nitrogens with one attached hydrogen (secondary N) is 3. The maximum atomic E-state index is 12.3. The minimum absolute atomic E-state index is 0.102. The molecule has 0 aliphatic carbocycles. The van der Waals surface area contributed by atoms with E-state index in [1.165, 1.54) is 6.07 Å². The Bertz CT molecular complexity index is 1020. The fourth-order valence-corrected chi connectivity index (χ4v) is 2.77. The smallest absolute Gasteiger partial charge is 0.269 e. The van der Waals surface area contributed by atoms with Crippen molar-refractivity contribution in [2.45, 2.75) is 19.4 Å².